The van der Waals surface area contributed by atoms with Crippen molar-refractivity contribution < 1.29 is 24.0 Å². The normalized spacial score (nSPS) is 9.65. The van der Waals surface area contributed by atoms with Gasteiger partial charge in [-0.2, -0.15) is 0 Å². The van der Waals surface area contributed by atoms with E-state index in [0.717, 1.165) is 6.20 Å². The highest BCUT2D eigenvalue weighted by atomic mass is 16.6. The van der Waals surface area contributed by atoms with Crippen molar-refractivity contribution in [2.24, 2.45) is 0 Å². The minimum atomic E-state index is -0.858. The number of carbonyl (C=O) groups is 2. The standard InChI is InChI=1S/C14H17N3O6/c1-3-22-13(18)10(14(19)23-4-2)8-16-9-5-6-11(15)12(7-9)17(20)21/h5-8,16H,3-4,15H2,1-2H3. The maximum absolute atomic E-state index is 11.8. The first-order valence-corrected chi connectivity index (χ1v) is 6.75. The van der Waals surface area contributed by atoms with Crippen LogP contribution in [0.25, 0.3) is 0 Å². The SMILES string of the molecule is CCOC(=O)C(=CNc1ccc(N)c([N+](=O)[O-])c1)C(=O)OCC. The van der Waals surface area contributed by atoms with Crippen molar-refractivity contribution in [3.8, 4) is 0 Å². The Morgan fingerprint density at radius 1 is 1.26 bits per heavy atom. The molecule has 0 radical (unpaired) electrons. The van der Waals surface area contributed by atoms with Gasteiger partial charge in [-0.15, -0.1) is 0 Å². The molecule has 0 saturated heterocycles. The summed E-state index contributed by atoms with van der Waals surface area (Å²) in [6.45, 7) is 3.36. The van der Waals surface area contributed by atoms with Gasteiger partial charge in [-0.1, -0.05) is 0 Å². The summed E-state index contributed by atoms with van der Waals surface area (Å²) in [6.07, 6.45) is 1.07. The molecule has 9 nitrogen and oxygen atoms in total. The van der Waals surface area contributed by atoms with Gasteiger partial charge in [0.1, 0.15) is 5.69 Å². The fourth-order valence-electron chi connectivity index (χ4n) is 1.57. The molecule has 0 aliphatic heterocycles. The van der Waals surface area contributed by atoms with Crippen molar-refractivity contribution in [1.82, 2.24) is 0 Å². The highest BCUT2D eigenvalue weighted by Gasteiger charge is 2.21. The molecule has 0 fully saturated rings. The van der Waals surface area contributed by atoms with Crippen LogP contribution in [-0.4, -0.2) is 30.1 Å². The zero-order chi connectivity index (χ0) is 17.4. The monoisotopic (exact) mass is 323 g/mol. The summed E-state index contributed by atoms with van der Waals surface area (Å²) in [5.41, 5.74) is 5.12. The van der Waals surface area contributed by atoms with Gasteiger partial charge in [0.25, 0.3) is 5.69 Å². The van der Waals surface area contributed by atoms with E-state index in [0.29, 0.717) is 0 Å². The number of hydrogen-bond donors (Lipinski definition) is 2. The van der Waals surface area contributed by atoms with Gasteiger partial charge in [-0.05, 0) is 26.0 Å². The van der Waals surface area contributed by atoms with Crippen LogP contribution >= 0.6 is 0 Å². The lowest BCUT2D eigenvalue weighted by atomic mass is 10.2. The summed E-state index contributed by atoms with van der Waals surface area (Å²) < 4.78 is 9.53. The molecule has 0 saturated carbocycles. The lowest BCUT2D eigenvalue weighted by Gasteiger charge is -2.08. The fraction of sp³-hybridized carbons (Fsp3) is 0.286. The number of nitrogens with two attached hydrogens (primary N) is 1. The number of nitro groups is 1. The van der Waals surface area contributed by atoms with Crippen molar-refractivity contribution >= 4 is 29.0 Å². The van der Waals surface area contributed by atoms with E-state index in [9.17, 15) is 19.7 Å². The first-order valence-electron chi connectivity index (χ1n) is 6.75. The molecule has 0 aliphatic carbocycles. The topological polar surface area (TPSA) is 134 Å². The van der Waals surface area contributed by atoms with Gasteiger partial charge >= 0.3 is 11.9 Å². The van der Waals surface area contributed by atoms with E-state index in [1.807, 2.05) is 0 Å². The van der Waals surface area contributed by atoms with E-state index in [1.165, 1.54) is 18.2 Å². The zero-order valence-corrected chi connectivity index (χ0v) is 12.7. The first-order chi connectivity index (χ1) is 10.9. The molecule has 0 atom stereocenters. The number of rotatable bonds is 7. The van der Waals surface area contributed by atoms with Gasteiger partial charge in [0.2, 0.25) is 0 Å². The second-order valence-electron chi connectivity index (χ2n) is 4.17. The molecule has 1 rings (SSSR count). The van der Waals surface area contributed by atoms with Crippen molar-refractivity contribution in [3.05, 3.63) is 40.1 Å². The van der Waals surface area contributed by atoms with E-state index in [4.69, 9.17) is 15.2 Å². The molecule has 124 valence electrons. The molecule has 9 heteroatoms. The minimum Gasteiger partial charge on any atom is -0.462 e. The van der Waals surface area contributed by atoms with Gasteiger partial charge in [0, 0.05) is 18.0 Å². The van der Waals surface area contributed by atoms with Crippen LogP contribution in [0, 0.1) is 10.1 Å². The van der Waals surface area contributed by atoms with Crippen LogP contribution in [0.1, 0.15) is 13.8 Å². The third-order valence-corrected chi connectivity index (χ3v) is 2.60. The Morgan fingerprint density at radius 3 is 2.30 bits per heavy atom. The van der Waals surface area contributed by atoms with E-state index >= 15 is 0 Å². The Labute approximate surface area is 132 Å². The lowest BCUT2D eigenvalue weighted by Crippen LogP contribution is -2.19. The van der Waals surface area contributed by atoms with Gasteiger partial charge in [-0.3, -0.25) is 10.1 Å². The molecule has 0 spiro atoms. The summed E-state index contributed by atoms with van der Waals surface area (Å²) in [5, 5.41) is 13.5. The molecule has 0 aromatic heterocycles. The van der Waals surface area contributed by atoms with E-state index in [1.54, 1.807) is 13.8 Å². The number of nitrogen functional groups attached to an aromatic ring is 1. The molecular weight excluding hydrogens is 306 g/mol. The van der Waals surface area contributed by atoms with Crippen molar-refractivity contribution in [2.75, 3.05) is 24.3 Å². The molecule has 0 aliphatic rings. The minimum absolute atomic E-state index is 0.000499. The predicted octanol–water partition coefficient (Wildman–Crippen LogP) is 1.60. The fourth-order valence-corrected chi connectivity index (χ4v) is 1.57. The van der Waals surface area contributed by atoms with E-state index < -0.39 is 16.9 Å². The summed E-state index contributed by atoms with van der Waals surface area (Å²) in [5.74, 6) is -1.72. The van der Waals surface area contributed by atoms with Crippen molar-refractivity contribution in [2.45, 2.75) is 13.8 Å². The van der Waals surface area contributed by atoms with Crippen LogP contribution < -0.4 is 11.1 Å². The molecule has 0 heterocycles. The van der Waals surface area contributed by atoms with E-state index in [-0.39, 0.29) is 35.8 Å². The van der Waals surface area contributed by atoms with Gasteiger partial charge < -0.3 is 20.5 Å². The van der Waals surface area contributed by atoms with Crippen molar-refractivity contribution in [1.29, 1.82) is 0 Å². The quantitative estimate of drug-likeness (QED) is 0.147. The number of benzene rings is 1. The van der Waals surface area contributed by atoms with Gasteiger partial charge in [0.05, 0.1) is 18.1 Å². The lowest BCUT2D eigenvalue weighted by molar-refractivity contribution is -0.383. The molecule has 0 bridgehead atoms. The van der Waals surface area contributed by atoms with Crippen LogP contribution in [0.4, 0.5) is 17.1 Å². The molecule has 0 amide bonds. The maximum Gasteiger partial charge on any atom is 0.347 e. The smallest absolute Gasteiger partial charge is 0.347 e. The Bertz CT molecular complexity index is 621. The third-order valence-electron chi connectivity index (χ3n) is 2.60. The summed E-state index contributed by atoms with van der Waals surface area (Å²) in [7, 11) is 0. The maximum atomic E-state index is 11.8. The second-order valence-corrected chi connectivity index (χ2v) is 4.17. The van der Waals surface area contributed by atoms with Crippen LogP contribution in [0.2, 0.25) is 0 Å². The average Bonchev–Trinajstić information content (AvgIpc) is 2.49. The summed E-state index contributed by atoms with van der Waals surface area (Å²) in [4.78, 5) is 33.7. The van der Waals surface area contributed by atoms with Crippen LogP contribution in [-0.2, 0) is 19.1 Å². The van der Waals surface area contributed by atoms with Crippen LogP contribution in [0.5, 0.6) is 0 Å². The summed E-state index contributed by atoms with van der Waals surface area (Å²) >= 11 is 0. The van der Waals surface area contributed by atoms with Crippen molar-refractivity contribution in [3.63, 3.8) is 0 Å². The largest absolute Gasteiger partial charge is 0.462 e. The Balaban J connectivity index is 3.04. The number of hydrogen-bond acceptors (Lipinski definition) is 8. The number of ether oxygens (including phenoxy) is 2. The van der Waals surface area contributed by atoms with E-state index in [2.05, 4.69) is 5.32 Å². The third kappa shape index (κ3) is 4.99. The van der Waals surface area contributed by atoms with Gasteiger partial charge in [0.15, 0.2) is 5.57 Å². The van der Waals surface area contributed by atoms with Crippen LogP contribution in [0.15, 0.2) is 30.0 Å². The Hall–Kier alpha value is -3.10. The Morgan fingerprint density at radius 2 is 1.83 bits per heavy atom. The average molecular weight is 323 g/mol. The molecule has 3 N–H and O–H groups in total. The number of anilines is 2. The molecule has 1 aromatic carbocycles. The predicted molar refractivity (Wildman–Crippen MR) is 82.5 cm³/mol. The number of esters is 2. The number of nitrogens with zero attached hydrogens (tertiary/aromatic N) is 1. The Kier molecular flexibility index (Phi) is 6.53. The van der Waals surface area contributed by atoms with Crippen LogP contribution in [0.3, 0.4) is 0 Å². The molecular formula is C14H17N3O6. The zero-order valence-electron chi connectivity index (χ0n) is 12.7. The highest BCUT2D eigenvalue weighted by Crippen LogP contribution is 2.25. The van der Waals surface area contributed by atoms with Gasteiger partial charge in [-0.25, -0.2) is 9.59 Å². The number of nitrogens with one attached hydrogen (secondary N) is 1. The second kappa shape index (κ2) is 8.37. The number of nitro benzene ring substituents is 1. The first kappa shape index (κ1) is 18.0. The summed E-state index contributed by atoms with van der Waals surface area (Å²) in [6, 6.07) is 3.98. The molecule has 0 unspecified atom stereocenters. The number of carbonyl (C=O) groups excluding carboxylic acids is 2. The molecule has 1 aromatic rings. The molecule has 23 heavy (non-hydrogen) atoms. The highest BCUT2D eigenvalue weighted by molar-refractivity contribution is 6.14.